The van der Waals surface area contributed by atoms with Crippen LogP contribution in [0.3, 0.4) is 0 Å². The summed E-state index contributed by atoms with van der Waals surface area (Å²) in [6.07, 6.45) is 5.27. The second-order valence-corrected chi connectivity index (χ2v) is 7.42. The molecular formula is C19H25N3O6. The molecule has 1 saturated carbocycles. The van der Waals surface area contributed by atoms with E-state index in [-0.39, 0.29) is 24.4 Å². The average molecular weight is 391 g/mol. The van der Waals surface area contributed by atoms with Crippen molar-refractivity contribution in [1.82, 2.24) is 10.2 Å². The summed E-state index contributed by atoms with van der Waals surface area (Å²) in [5, 5.41) is 14.9. The van der Waals surface area contributed by atoms with Gasteiger partial charge in [0.1, 0.15) is 6.04 Å². The van der Waals surface area contributed by atoms with Crippen molar-refractivity contribution in [3.05, 3.63) is 27.8 Å². The number of amides is 1. The number of morpholine rings is 1. The fourth-order valence-electron chi connectivity index (χ4n) is 4.19. The van der Waals surface area contributed by atoms with Crippen molar-refractivity contribution in [2.45, 2.75) is 44.2 Å². The first-order valence-electron chi connectivity index (χ1n) is 9.83. The molecule has 9 heteroatoms. The molecule has 4 rings (SSSR count). The molecule has 28 heavy (non-hydrogen) atoms. The van der Waals surface area contributed by atoms with Gasteiger partial charge in [-0.3, -0.25) is 19.8 Å². The lowest BCUT2D eigenvalue weighted by atomic mass is 9.94. The van der Waals surface area contributed by atoms with Crippen LogP contribution in [0.2, 0.25) is 0 Å². The highest BCUT2D eigenvalue weighted by Crippen LogP contribution is 2.41. The molecule has 0 radical (unpaired) electrons. The fourth-order valence-corrected chi connectivity index (χ4v) is 4.19. The zero-order valence-electron chi connectivity index (χ0n) is 15.7. The Balaban J connectivity index is 1.68. The largest absolute Gasteiger partial charge is 0.454 e. The third kappa shape index (κ3) is 3.90. The highest BCUT2D eigenvalue weighted by Gasteiger charge is 2.37. The molecule has 2 fully saturated rings. The lowest BCUT2D eigenvalue weighted by Crippen LogP contribution is -2.48. The number of nitrogens with zero attached hydrogens (tertiary/aromatic N) is 2. The van der Waals surface area contributed by atoms with Gasteiger partial charge in [-0.1, -0.05) is 19.3 Å². The van der Waals surface area contributed by atoms with Crippen LogP contribution in [-0.2, 0) is 9.53 Å². The normalized spacial score (nSPS) is 21.3. The van der Waals surface area contributed by atoms with E-state index in [0.29, 0.717) is 43.4 Å². The molecule has 0 bridgehead atoms. The molecule has 1 N–H and O–H groups in total. The van der Waals surface area contributed by atoms with Gasteiger partial charge in [0.25, 0.3) is 5.69 Å². The van der Waals surface area contributed by atoms with Gasteiger partial charge in [-0.2, -0.15) is 0 Å². The van der Waals surface area contributed by atoms with Crippen LogP contribution in [0.5, 0.6) is 11.5 Å². The first-order chi connectivity index (χ1) is 13.6. The van der Waals surface area contributed by atoms with Gasteiger partial charge in [-0.25, -0.2) is 0 Å². The lowest BCUT2D eigenvalue weighted by molar-refractivity contribution is -0.386. The van der Waals surface area contributed by atoms with E-state index in [4.69, 9.17) is 14.2 Å². The Kier molecular flexibility index (Phi) is 5.63. The first-order valence-corrected chi connectivity index (χ1v) is 9.83. The third-order valence-corrected chi connectivity index (χ3v) is 5.62. The Labute approximate surface area is 163 Å². The number of ether oxygens (including phenoxy) is 3. The molecule has 0 spiro atoms. The summed E-state index contributed by atoms with van der Waals surface area (Å²) in [6, 6.07) is 2.30. The van der Waals surface area contributed by atoms with Crippen LogP contribution in [0.15, 0.2) is 12.1 Å². The minimum Gasteiger partial charge on any atom is -0.454 e. The number of nitro benzene ring substituents is 1. The van der Waals surface area contributed by atoms with E-state index in [1.54, 1.807) is 6.07 Å². The monoisotopic (exact) mass is 391 g/mol. The number of fused-ring (bicyclic) bond motifs is 1. The van der Waals surface area contributed by atoms with Crippen molar-refractivity contribution in [1.29, 1.82) is 0 Å². The molecule has 0 aromatic heterocycles. The highest BCUT2D eigenvalue weighted by atomic mass is 16.7. The van der Waals surface area contributed by atoms with Gasteiger partial charge < -0.3 is 19.5 Å². The van der Waals surface area contributed by atoms with Gasteiger partial charge in [0.2, 0.25) is 12.7 Å². The van der Waals surface area contributed by atoms with Crippen molar-refractivity contribution in [3.8, 4) is 11.5 Å². The summed E-state index contributed by atoms with van der Waals surface area (Å²) in [4.78, 5) is 26.5. The van der Waals surface area contributed by atoms with Crippen molar-refractivity contribution in [3.63, 3.8) is 0 Å². The van der Waals surface area contributed by atoms with Crippen molar-refractivity contribution >= 4 is 11.6 Å². The van der Waals surface area contributed by atoms with E-state index < -0.39 is 11.0 Å². The predicted octanol–water partition coefficient (Wildman–Crippen LogP) is 2.15. The number of benzene rings is 1. The van der Waals surface area contributed by atoms with Crippen LogP contribution in [-0.4, -0.2) is 54.9 Å². The number of nitro groups is 1. The maximum atomic E-state index is 13.3. The van der Waals surface area contributed by atoms with Gasteiger partial charge in [0, 0.05) is 19.1 Å². The van der Waals surface area contributed by atoms with Gasteiger partial charge in [-0.15, -0.1) is 0 Å². The second-order valence-electron chi connectivity index (χ2n) is 7.42. The van der Waals surface area contributed by atoms with Crippen LogP contribution < -0.4 is 14.8 Å². The quantitative estimate of drug-likeness (QED) is 0.606. The molecule has 1 unspecified atom stereocenters. The van der Waals surface area contributed by atoms with Gasteiger partial charge in [0.05, 0.1) is 29.8 Å². The zero-order chi connectivity index (χ0) is 19.5. The molecule has 2 heterocycles. The first kappa shape index (κ1) is 18.9. The molecule has 1 saturated heterocycles. The maximum Gasteiger partial charge on any atom is 0.278 e. The van der Waals surface area contributed by atoms with Crippen molar-refractivity contribution < 1.29 is 23.9 Å². The number of carbonyl (C=O) groups excluding carboxylic acids is 1. The number of carbonyl (C=O) groups is 1. The molecule has 1 atom stereocenters. The SMILES string of the molecule is O=C(NC1CCCCC1)C(c1cc2c(cc1[N+](=O)[O-])OCO2)N1CCOCC1. The van der Waals surface area contributed by atoms with E-state index in [1.807, 2.05) is 4.90 Å². The molecule has 3 aliphatic rings. The summed E-state index contributed by atoms with van der Waals surface area (Å²) >= 11 is 0. The summed E-state index contributed by atoms with van der Waals surface area (Å²) in [6.45, 7) is 2.08. The second kappa shape index (κ2) is 8.32. The summed E-state index contributed by atoms with van der Waals surface area (Å²) in [7, 11) is 0. The van der Waals surface area contributed by atoms with E-state index >= 15 is 0 Å². The fraction of sp³-hybridized carbons (Fsp3) is 0.632. The van der Waals surface area contributed by atoms with Gasteiger partial charge in [0.15, 0.2) is 11.5 Å². The van der Waals surface area contributed by atoms with E-state index in [0.717, 1.165) is 25.7 Å². The molecular weight excluding hydrogens is 366 g/mol. The third-order valence-electron chi connectivity index (χ3n) is 5.62. The highest BCUT2D eigenvalue weighted by molar-refractivity contribution is 5.85. The van der Waals surface area contributed by atoms with Crippen LogP contribution in [0.4, 0.5) is 5.69 Å². The van der Waals surface area contributed by atoms with Gasteiger partial charge in [-0.05, 0) is 18.9 Å². The minimum atomic E-state index is -0.763. The molecule has 1 aromatic carbocycles. The summed E-state index contributed by atoms with van der Waals surface area (Å²) in [5.74, 6) is 0.573. The van der Waals surface area contributed by atoms with E-state index in [9.17, 15) is 14.9 Å². The Bertz CT molecular complexity index is 743. The van der Waals surface area contributed by atoms with Gasteiger partial charge >= 0.3 is 0 Å². The van der Waals surface area contributed by atoms with Crippen LogP contribution >= 0.6 is 0 Å². The zero-order valence-corrected chi connectivity index (χ0v) is 15.7. The van der Waals surface area contributed by atoms with Crippen LogP contribution in [0.1, 0.15) is 43.7 Å². The van der Waals surface area contributed by atoms with E-state index in [1.165, 1.54) is 12.5 Å². The van der Waals surface area contributed by atoms with E-state index in [2.05, 4.69) is 5.32 Å². The molecule has 1 aromatic rings. The average Bonchev–Trinajstić information content (AvgIpc) is 3.16. The molecule has 152 valence electrons. The van der Waals surface area contributed by atoms with Crippen LogP contribution in [0.25, 0.3) is 0 Å². The Morgan fingerprint density at radius 3 is 2.50 bits per heavy atom. The number of nitrogens with one attached hydrogen (secondary N) is 1. The predicted molar refractivity (Wildman–Crippen MR) is 99.4 cm³/mol. The number of hydrogen-bond acceptors (Lipinski definition) is 7. The maximum absolute atomic E-state index is 13.3. The number of rotatable bonds is 5. The smallest absolute Gasteiger partial charge is 0.278 e. The van der Waals surface area contributed by atoms with Crippen LogP contribution in [0, 0.1) is 10.1 Å². The Hall–Kier alpha value is -2.39. The lowest BCUT2D eigenvalue weighted by Gasteiger charge is -2.35. The summed E-state index contributed by atoms with van der Waals surface area (Å²) in [5.41, 5.74) is 0.212. The minimum absolute atomic E-state index is 0.0203. The molecule has 1 amide bonds. The molecule has 2 aliphatic heterocycles. The molecule has 9 nitrogen and oxygen atoms in total. The van der Waals surface area contributed by atoms with Crippen molar-refractivity contribution in [2.75, 3.05) is 33.1 Å². The number of hydrogen-bond donors (Lipinski definition) is 1. The summed E-state index contributed by atoms with van der Waals surface area (Å²) < 4.78 is 16.1. The van der Waals surface area contributed by atoms with Crippen molar-refractivity contribution in [2.24, 2.45) is 0 Å². The standard InChI is InChI=1S/C19H25N3O6/c23-19(20-13-4-2-1-3-5-13)18(21-6-8-26-9-7-21)14-10-16-17(28-12-27-16)11-15(14)22(24)25/h10-11,13,18H,1-9,12H2,(H,20,23). The molecule has 1 aliphatic carbocycles. The Morgan fingerprint density at radius 2 is 1.82 bits per heavy atom. The topological polar surface area (TPSA) is 103 Å². The Morgan fingerprint density at radius 1 is 1.14 bits per heavy atom.